The van der Waals surface area contributed by atoms with E-state index in [1.165, 1.54) is 15.3 Å². The molecule has 0 aromatic carbocycles. The molecule has 2 aromatic rings. The maximum absolute atomic E-state index is 5.25. The zero-order valence-electron chi connectivity index (χ0n) is 11.3. The van der Waals surface area contributed by atoms with Crippen molar-refractivity contribution in [3.8, 4) is 0 Å². The summed E-state index contributed by atoms with van der Waals surface area (Å²) >= 11 is 3.49. The molecule has 0 saturated carbocycles. The number of thiophene rings is 1. The number of hydrazone groups is 1. The lowest BCUT2D eigenvalue weighted by Crippen LogP contribution is -2.25. The minimum atomic E-state index is 0.545. The molecule has 2 aromatic heterocycles. The molecule has 3 heterocycles. The van der Waals surface area contributed by atoms with Crippen molar-refractivity contribution in [2.75, 3.05) is 5.75 Å². The molecule has 0 aliphatic carbocycles. The van der Waals surface area contributed by atoms with Crippen molar-refractivity contribution in [3.05, 3.63) is 45.5 Å². The Morgan fingerprint density at radius 2 is 2.35 bits per heavy atom. The lowest BCUT2D eigenvalue weighted by molar-refractivity contribution is 0.512. The Morgan fingerprint density at radius 3 is 2.95 bits per heavy atom. The van der Waals surface area contributed by atoms with Crippen LogP contribution >= 0.6 is 23.1 Å². The summed E-state index contributed by atoms with van der Waals surface area (Å²) in [5, 5.41) is 5.29. The molecule has 0 unspecified atom stereocenters. The van der Waals surface area contributed by atoms with E-state index in [0.29, 0.717) is 6.54 Å². The van der Waals surface area contributed by atoms with E-state index in [0.717, 1.165) is 22.4 Å². The van der Waals surface area contributed by atoms with Crippen LogP contribution in [0.15, 0.2) is 39.0 Å². The third-order valence-electron chi connectivity index (χ3n) is 2.94. The van der Waals surface area contributed by atoms with Crippen LogP contribution in [-0.2, 0) is 6.54 Å². The molecule has 4 nitrogen and oxygen atoms in total. The lowest BCUT2D eigenvalue weighted by atomic mass is 10.2. The lowest BCUT2D eigenvalue weighted by Gasteiger charge is -2.14. The predicted octanol–water partition coefficient (Wildman–Crippen LogP) is 3.55. The summed E-state index contributed by atoms with van der Waals surface area (Å²) in [5.74, 6) is 1.71. The highest BCUT2D eigenvalue weighted by molar-refractivity contribution is 8.14. The molecule has 0 radical (unpaired) electrons. The Balaban J connectivity index is 1.68. The van der Waals surface area contributed by atoms with Gasteiger partial charge in [0.15, 0.2) is 5.17 Å². The highest BCUT2D eigenvalue weighted by atomic mass is 32.2. The van der Waals surface area contributed by atoms with E-state index in [9.17, 15) is 0 Å². The van der Waals surface area contributed by atoms with Crippen LogP contribution in [-0.4, -0.2) is 16.6 Å². The van der Waals surface area contributed by atoms with Gasteiger partial charge in [0.2, 0.25) is 0 Å². The Kier molecular flexibility index (Phi) is 3.93. The first-order chi connectivity index (χ1) is 9.72. The number of thioether (sulfide) groups is 1. The molecule has 0 atom stereocenters. The summed E-state index contributed by atoms with van der Waals surface area (Å²) in [6.07, 6.45) is 1.66. The molecular weight excluding hydrogens is 290 g/mol. The molecule has 1 N–H and O–H groups in total. The molecule has 3 rings (SSSR count). The van der Waals surface area contributed by atoms with Crippen LogP contribution in [0.1, 0.15) is 21.1 Å². The third-order valence-corrected chi connectivity index (χ3v) is 4.82. The second-order valence-corrected chi connectivity index (χ2v) is 6.91. The summed E-state index contributed by atoms with van der Waals surface area (Å²) in [4.78, 5) is 7.09. The summed E-state index contributed by atoms with van der Waals surface area (Å²) in [7, 11) is 0. The van der Waals surface area contributed by atoms with E-state index in [1.807, 2.05) is 23.5 Å². The van der Waals surface area contributed by atoms with Gasteiger partial charge in [-0.05, 0) is 32.0 Å². The molecule has 0 bridgehead atoms. The van der Waals surface area contributed by atoms with Gasteiger partial charge < -0.3 is 4.42 Å². The first-order valence-electron chi connectivity index (χ1n) is 6.32. The number of furan rings is 1. The Morgan fingerprint density at radius 1 is 1.45 bits per heavy atom. The fourth-order valence-corrected chi connectivity index (χ4v) is 3.71. The zero-order chi connectivity index (χ0) is 13.9. The van der Waals surface area contributed by atoms with Gasteiger partial charge in [0.1, 0.15) is 5.76 Å². The molecule has 0 amide bonds. The zero-order valence-corrected chi connectivity index (χ0v) is 13.0. The van der Waals surface area contributed by atoms with Gasteiger partial charge >= 0.3 is 0 Å². The number of rotatable bonds is 3. The largest absolute Gasteiger partial charge is 0.467 e. The number of amidine groups is 1. The highest BCUT2D eigenvalue weighted by Gasteiger charge is 2.16. The van der Waals surface area contributed by atoms with Crippen LogP contribution in [0.4, 0.5) is 0 Å². The maximum Gasteiger partial charge on any atom is 0.177 e. The van der Waals surface area contributed by atoms with Gasteiger partial charge in [-0.25, -0.2) is 0 Å². The molecule has 0 spiro atoms. The smallest absolute Gasteiger partial charge is 0.177 e. The van der Waals surface area contributed by atoms with Crippen LogP contribution in [0.25, 0.3) is 0 Å². The number of nitrogens with one attached hydrogen (secondary N) is 1. The van der Waals surface area contributed by atoms with E-state index >= 15 is 0 Å². The fourth-order valence-electron chi connectivity index (χ4n) is 2.01. The summed E-state index contributed by atoms with van der Waals surface area (Å²) in [6, 6.07) is 5.99. The first kappa shape index (κ1) is 13.5. The Bertz CT molecular complexity index is 656. The first-order valence-corrected chi connectivity index (χ1v) is 8.12. The summed E-state index contributed by atoms with van der Waals surface area (Å²) in [5.41, 5.74) is 5.37. The monoisotopic (exact) mass is 305 g/mol. The number of nitrogens with zero attached hydrogens (tertiary/aromatic N) is 2. The van der Waals surface area contributed by atoms with Gasteiger partial charge in [-0.2, -0.15) is 5.10 Å². The second-order valence-electron chi connectivity index (χ2n) is 4.49. The van der Waals surface area contributed by atoms with Crippen molar-refractivity contribution in [2.24, 2.45) is 10.1 Å². The maximum atomic E-state index is 5.25. The SMILES string of the molecule is Cc1cc(C2=NNC(=NCc3ccco3)SC2)c(C)s1. The van der Waals surface area contributed by atoms with Gasteiger partial charge in [-0.15, -0.1) is 11.3 Å². The third kappa shape index (κ3) is 2.96. The van der Waals surface area contributed by atoms with Crippen LogP contribution in [0.5, 0.6) is 0 Å². The van der Waals surface area contributed by atoms with Crippen molar-refractivity contribution in [1.29, 1.82) is 0 Å². The topological polar surface area (TPSA) is 49.9 Å². The minimum absolute atomic E-state index is 0.545. The van der Waals surface area contributed by atoms with Crippen LogP contribution in [0.2, 0.25) is 0 Å². The van der Waals surface area contributed by atoms with Gasteiger partial charge in [0, 0.05) is 21.1 Å². The van der Waals surface area contributed by atoms with Crippen molar-refractivity contribution in [1.82, 2.24) is 5.43 Å². The second kappa shape index (κ2) is 5.85. The quantitative estimate of drug-likeness (QED) is 0.943. The fraction of sp³-hybridized carbons (Fsp3) is 0.286. The van der Waals surface area contributed by atoms with E-state index in [1.54, 1.807) is 18.0 Å². The van der Waals surface area contributed by atoms with Crippen LogP contribution in [0.3, 0.4) is 0 Å². The molecule has 1 aliphatic rings. The molecular formula is C14H15N3OS2. The number of aryl methyl sites for hydroxylation is 2. The molecule has 20 heavy (non-hydrogen) atoms. The molecule has 0 saturated heterocycles. The van der Waals surface area contributed by atoms with Gasteiger partial charge in [-0.3, -0.25) is 10.4 Å². The van der Waals surface area contributed by atoms with Crippen molar-refractivity contribution in [3.63, 3.8) is 0 Å². The van der Waals surface area contributed by atoms with Gasteiger partial charge in [0.05, 0.1) is 18.5 Å². The average molecular weight is 305 g/mol. The van der Waals surface area contributed by atoms with Crippen LogP contribution < -0.4 is 5.43 Å². The minimum Gasteiger partial charge on any atom is -0.467 e. The summed E-state index contributed by atoms with van der Waals surface area (Å²) in [6.45, 7) is 4.81. The van der Waals surface area contributed by atoms with E-state index in [4.69, 9.17) is 4.42 Å². The van der Waals surface area contributed by atoms with Crippen molar-refractivity contribution < 1.29 is 4.42 Å². The van der Waals surface area contributed by atoms with E-state index in [2.05, 4.69) is 35.4 Å². The Labute approximate surface area is 126 Å². The van der Waals surface area contributed by atoms with Gasteiger partial charge in [-0.1, -0.05) is 11.8 Å². The van der Waals surface area contributed by atoms with E-state index < -0.39 is 0 Å². The van der Waals surface area contributed by atoms with Crippen LogP contribution in [0, 0.1) is 13.8 Å². The molecule has 104 valence electrons. The van der Waals surface area contributed by atoms with Gasteiger partial charge in [0.25, 0.3) is 0 Å². The normalized spacial score (nSPS) is 17.1. The number of aliphatic imine (C=N–C) groups is 1. The summed E-state index contributed by atoms with van der Waals surface area (Å²) < 4.78 is 5.25. The standard InChI is InChI=1S/C14H15N3OS2/c1-9-6-12(10(2)20-9)13-8-19-14(17-16-13)15-7-11-4-3-5-18-11/h3-6H,7-8H2,1-2H3,(H,15,17). The van der Waals surface area contributed by atoms with Crippen molar-refractivity contribution in [2.45, 2.75) is 20.4 Å². The Hall–Kier alpha value is -1.53. The van der Waals surface area contributed by atoms with Crippen molar-refractivity contribution >= 4 is 34.0 Å². The molecule has 6 heteroatoms. The number of hydrogen-bond acceptors (Lipinski definition) is 5. The predicted molar refractivity (Wildman–Crippen MR) is 85.8 cm³/mol. The molecule has 0 fully saturated rings. The van der Waals surface area contributed by atoms with E-state index in [-0.39, 0.29) is 0 Å². The number of hydrogen-bond donors (Lipinski definition) is 1. The highest BCUT2D eigenvalue weighted by Crippen LogP contribution is 2.24. The average Bonchev–Trinajstić information content (AvgIpc) is 3.07. The molecule has 1 aliphatic heterocycles.